The van der Waals surface area contributed by atoms with Crippen LogP contribution in [0.1, 0.15) is 41.4 Å². The second kappa shape index (κ2) is 20.3. The number of hydrogen-bond acceptors (Lipinski definition) is 14. The van der Waals surface area contributed by atoms with E-state index in [1.165, 1.54) is 110 Å². The number of aromatic nitrogens is 6. The minimum atomic E-state index is -1.08. The van der Waals surface area contributed by atoms with Gasteiger partial charge in [0, 0.05) is 49.3 Å². The Hall–Kier alpha value is -7.77. The zero-order valence-electron chi connectivity index (χ0n) is 27.6. The molecule has 276 valence electrons. The van der Waals surface area contributed by atoms with Crippen molar-refractivity contribution in [2.24, 2.45) is 0 Å². The van der Waals surface area contributed by atoms with E-state index < -0.39 is 23.9 Å². The molecule has 6 aromatic rings. The largest absolute Gasteiger partial charge is 3.00 e. The molecular formula is C36H24CoN6O12+3. The molecule has 0 radical (unpaired) electrons. The van der Waals surface area contributed by atoms with Gasteiger partial charge in [0.15, 0.2) is 0 Å². The van der Waals surface area contributed by atoms with Gasteiger partial charge in [-0.05, 0) is 60.7 Å². The van der Waals surface area contributed by atoms with Gasteiger partial charge < -0.3 is 29.9 Å². The summed E-state index contributed by atoms with van der Waals surface area (Å²) in [6.07, 6.45) is 8.34. The normalized spacial score (nSPS) is 9.67. The Morgan fingerprint density at radius 1 is 0.400 bits per heavy atom. The van der Waals surface area contributed by atoms with E-state index in [2.05, 4.69) is 39.4 Å². The van der Waals surface area contributed by atoms with E-state index in [1.54, 1.807) is 0 Å². The number of carbonyl (C=O) groups is 6. The molecule has 6 aromatic heterocycles. The summed E-state index contributed by atoms with van der Waals surface area (Å²) >= 11 is 0. The van der Waals surface area contributed by atoms with Crippen LogP contribution in [0.2, 0.25) is 0 Å². The fourth-order valence-corrected chi connectivity index (χ4v) is 4.17. The number of carboxylic acid groups (broad SMARTS) is 4. The molecule has 19 heteroatoms. The van der Waals surface area contributed by atoms with Crippen LogP contribution >= 0.6 is 0 Å². The number of carbonyl (C=O) groups excluding carboxylic acids is 2. The number of nitrogens with zero attached hydrogens (tertiary/aromatic N) is 6. The van der Waals surface area contributed by atoms with Crippen LogP contribution in [0, 0.1) is 0 Å². The number of pyridine rings is 6. The van der Waals surface area contributed by atoms with Crippen molar-refractivity contribution < 1.29 is 75.4 Å². The van der Waals surface area contributed by atoms with Crippen LogP contribution in [-0.4, -0.2) is 87.2 Å². The SMILES string of the molecule is O=C(O)c1ccnc(-c2cc(C(=O)O)ccn2)c1.O=COc1ccnc(-c2cc(C(=O)O)ccn2)c1.O=COc1ccnc(-c2cc(C(=O)O)ccn2)c1.[Co+3]. The van der Waals surface area contributed by atoms with Gasteiger partial charge in [0.1, 0.15) is 11.5 Å². The molecule has 4 N–H and O–H groups in total. The van der Waals surface area contributed by atoms with Gasteiger partial charge in [-0.1, -0.05) is 0 Å². The first-order chi connectivity index (χ1) is 26.0. The molecule has 0 aliphatic carbocycles. The Morgan fingerprint density at radius 2 is 0.618 bits per heavy atom. The second-order valence-electron chi connectivity index (χ2n) is 10.1. The third-order valence-corrected chi connectivity index (χ3v) is 6.65. The Kier molecular flexibility index (Phi) is 15.4. The molecule has 0 atom stereocenters. The van der Waals surface area contributed by atoms with Crippen LogP contribution in [0.3, 0.4) is 0 Å². The van der Waals surface area contributed by atoms with Gasteiger partial charge in [0.2, 0.25) is 0 Å². The Balaban J connectivity index is 0.000000220. The Labute approximate surface area is 319 Å². The zero-order chi connectivity index (χ0) is 39.0. The fraction of sp³-hybridized carbons (Fsp3) is 0. The molecule has 0 unspecified atom stereocenters. The monoisotopic (exact) mass is 791 g/mol. The molecule has 0 spiro atoms. The molecule has 0 fully saturated rings. The quantitative estimate of drug-likeness (QED) is 0.133. The smallest absolute Gasteiger partial charge is 0.478 e. The molecule has 6 rings (SSSR count). The van der Waals surface area contributed by atoms with E-state index in [4.69, 9.17) is 20.4 Å². The topological polar surface area (TPSA) is 279 Å². The van der Waals surface area contributed by atoms with E-state index in [9.17, 15) is 28.8 Å². The standard InChI is InChI=1S/3C12H8N2O4.Co/c2*15-7-18-9-2-4-14-11(6-9)10-5-8(12(16)17)1-3-13-10;15-11(16)7-1-3-13-9(5-7)10-6-8(12(17)18)2-4-14-10;/h2*1-7H,(H,16,17);1-6H,(H,15,16)(H,17,18);/q;;;+3. The molecular weight excluding hydrogens is 767 g/mol. The molecule has 0 amide bonds. The predicted molar refractivity (Wildman–Crippen MR) is 184 cm³/mol. The minimum Gasteiger partial charge on any atom is -0.478 e. The van der Waals surface area contributed by atoms with Gasteiger partial charge in [-0.2, -0.15) is 0 Å². The molecule has 0 saturated carbocycles. The van der Waals surface area contributed by atoms with Gasteiger partial charge in [0.25, 0.3) is 12.9 Å². The Morgan fingerprint density at radius 3 is 0.836 bits per heavy atom. The van der Waals surface area contributed by atoms with Crippen molar-refractivity contribution >= 4 is 36.8 Å². The van der Waals surface area contributed by atoms with Crippen molar-refractivity contribution in [2.45, 2.75) is 0 Å². The van der Waals surface area contributed by atoms with Crippen molar-refractivity contribution in [1.29, 1.82) is 0 Å². The van der Waals surface area contributed by atoms with Gasteiger partial charge in [-0.15, -0.1) is 0 Å². The molecule has 0 bridgehead atoms. The maximum Gasteiger partial charge on any atom is 3.00 e. The maximum absolute atomic E-state index is 10.8. The first kappa shape index (κ1) is 41.6. The third kappa shape index (κ3) is 12.2. The third-order valence-electron chi connectivity index (χ3n) is 6.65. The summed E-state index contributed by atoms with van der Waals surface area (Å²) in [6.45, 7) is 0.612. The second-order valence-corrected chi connectivity index (χ2v) is 10.1. The van der Waals surface area contributed by atoms with Gasteiger partial charge in [-0.3, -0.25) is 39.5 Å². The Bertz CT molecular complexity index is 2180. The van der Waals surface area contributed by atoms with E-state index in [0.717, 1.165) is 0 Å². The van der Waals surface area contributed by atoms with E-state index in [0.29, 0.717) is 58.6 Å². The first-order valence-electron chi connectivity index (χ1n) is 14.9. The van der Waals surface area contributed by atoms with Crippen LogP contribution in [0.5, 0.6) is 11.5 Å². The van der Waals surface area contributed by atoms with Gasteiger partial charge in [-0.25, -0.2) is 19.2 Å². The molecule has 0 saturated heterocycles. The maximum atomic E-state index is 10.8. The van der Waals surface area contributed by atoms with Crippen molar-refractivity contribution in [3.05, 3.63) is 132 Å². The van der Waals surface area contributed by atoms with E-state index in [1.807, 2.05) is 0 Å². The van der Waals surface area contributed by atoms with Crippen molar-refractivity contribution in [3.63, 3.8) is 0 Å². The summed E-state index contributed by atoms with van der Waals surface area (Å²) in [5, 5.41) is 35.5. The fourth-order valence-electron chi connectivity index (χ4n) is 4.17. The van der Waals surface area contributed by atoms with E-state index in [-0.39, 0.29) is 39.0 Å². The van der Waals surface area contributed by atoms with Crippen molar-refractivity contribution in [2.75, 3.05) is 0 Å². The van der Waals surface area contributed by atoms with Crippen molar-refractivity contribution in [1.82, 2.24) is 29.9 Å². The number of carboxylic acids is 4. The van der Waals surface area contributed by atoms with Crippen molar-refractivity contribution in [3.8, 4) is 45.7 Å². The minimum absolute atomic E-state index is 0. The number of rotatable bonds is 11. The van der Waals surface area contributed by atoms with Crippen LogP contribution < -0.4 is 9.47 Å². The summed E-state index contributed by atoms with van der Waals surface area (Å²) in [4.78, 5) is 87.8. The zero-order valence-corrected chi connectivity index (χ0v) is 28.7. The summed E-state index contributed by atoms with van der Waals surface area (Å²) in [5.41, 5.74) is 2.65. The molecule has 18 nitrogen and oxygen atoms in total. The van der Waals surface area contributed by atoms with E-state index >= 15 is 0 Å². The first-order valence-corrected chi connectivity index (χ1v) is 14.9. The molecule has 0 aliphatic heterocycles. The summed E-state index contributed by atoms with van der Waals surface area (Å²) in [5.74, 6) is -3.60. The average Bonchev–Trinajstić information content (AvgIpc) is 3.19. The van der Waals surface area contributed by atoms with Gasteiger partial charge in [0.05, 0.1) is 56.4 Å². The summed E-state index contributed by atoms with van der Waals surface area (Å²) in [6, 6.07) is 17.0. The molecule has 6 heterocycles. The summed E-state index contributed by atoms with van der Waals surface area (Å²) in [7, 11) is 0. The number of aromatic carboxylic acids is 4. The summed E-state index contributed by atoms with van der Waals surface area (Å²) < 4.78 is 9.36. The van der Waals surface area contributed by atoms with Gasteiger partial charge >= 0.3 is 40.7 Å². The predicted octanol–water partition coefficient (Wildman–Crippen LogP) is 4.29. The average molecular weight is 792 g/mol. The molecule has 0 aromatic carbocycles. The molecule has 55 heavy (non-hydrogen) atoms. The van der Waals surface area contributed by atoms with Crippen LogP contribution in [0.25, 0.3) is 34.2 Å². The van der Waals surface area contributed by atoms with Crippen LogP contribution in [-0.2, 0) is 26.4 Å². The number of ether oxygens (including phenoxy) is 2. The number of hydrogen-bond donors (Lipinski definition) is 4. The molecule has 0 aliphatic rings. The van der Waals surface area contributed by atoms with Crippen LogP contribution in [0.4, 0.5) is 0 Å². The van der Waals surface area contributed by atoms with Crippen LogP contribution in [0.15, 0.2) is 110 Å².